The van der Waals surface area contributed by atoms with Gasteiger partial charge in [0.25, 0.3) is 17.8 Å². The van der Waals surface area contributed by atoms with Crippen LogP contribution < -0.4 is 37.0 Å². The number of amides is 4. The van der Waals surface area contributed by atoms with Gasteiger partial charge in [-0.1, -0.05) is 83.1 Å². The number of ether oxygens (including phenoxy) is 1. The highest BCUT2D eigenvalue weighted by Crippen LogP contribution is 2.43. The molecule has 2 aromatic carbocycles. The van der Waals surface area contributed by atoms with Crippen LogP contribution in [0.4, 0.5) is 19.7 Å². The molecule has 0 spiro atoms. The second-order valence-corrected chi connectivity index (χ2v) is 23.4. The topological polar surface area (TPSA) is 264 Å². The van der Waals surface area contributed by atoms with E-state index in [2.05, 4.69) is 57.2 Å². The monoisotopic (exact) mass is 1240 g/mol. The largest absolute Gasteiger partial charge is 0.737 e. The summed E-state index contributed by atoms with van der Waals surface area (Å²) in [6.45, 7) is -3.09. The van der Waals surface area contributed by atoms with Gasteiger partial charge in [0.05, 0.1) is 27.9 Å². The third-order valence-electron chi connectivity index (χ3n) is 13.9. The Morgan fingerprint density at radius 3 is 2.49 bits per heavy atom. The zero-order valence-corrected chi connectivity index (χ0v) is 48.9. The molecule has 6 aromatic heterocycles. The number of aromatic nitrogens is 9. The number of anilines is 2. The number of carbonyl (C=O) groups is 4. The van der Waals surface area contributed by atoms with E-state index in [4.69, 9.17) is 33.5 Å². The van der Waals surface area contributed by atoms with Crippen molar-refractivity contribution < 1.29 is 37.0 Å². The summed E-state index contributed by atoms with van der Waals surface area (Å²) >= 11 is 16.3. The lowest BCUT2D eigenvalue weighted by molar-refractivity contribution is -0.360. The van der Waals surface area contributed by atoms with Gasteiger partial charge >= 0.3 is 12.7 Å². The molecule has 1 atom stereocenters. The van der Waals surface area contributed by atoms with E-state index < -0.39 is 24.5 Å². The number of hydrogen-bond acceptors (Lipinski definition) is 16. The number of thiazole rings is 2. The van der Waals surface area contributed by atoms with Gasteiger partial charge < -0.3 is 43.6 Å². The van der Waals surface area contributed by atoms with E-state index in [0.717, 1.165) is 35.4 Å². The van der Waals surface area contributed by atoms with Crippen LogP contribution in [-0.4, -0.2) is 118 Å². The molecule has 0 fully saturated rings. The number of allylic oxidation sites excluding steroid dienone is 2. The second-order valence-electron chi connectivity index (χ2n) is 19.6. The predicted molar refractivity (Wildman–Crippen MR) is 328 cm³/mol. The van der Waals surface area contributed by atoms with Crippen molar-refractivity contribution in [2.24, 2.45) is 0 Å². The Balaban J connectivity index is 0.575. The summed E-state index contributed by atoms with van der Waals surface area (Å²) in [6, 6.07) is 19.6. The number of carbonyl (C=O) groups excluding carboxylic acids is 4. The molecule has 85 heavy (non-hydrogen) atoms. The van der Waals surface area contributed by atoms with Gasteiger partial charge in [-0.25, -0.2) is 14.8 Å². The highest BCUT2D eigenvalue weighted by molar-refractivity contribution is 7.71. The fraction of sp³-hybridized carbons (Fsp3) is 0.214. The van der Waals surface area contributed by atoms with Gasteiger partial charge in [-0.15, -0.1) is 27.8 Å². The Morgan fingerprint density at radius 1 is 0.871 bits per heavy atom. The van der Waals surface area contributed by atoms with Crippen molar-refractivity contribution in [1.29, 1.82) is 0 Å². The maximum atomic E-state index is 16.2. The fourth-order valence-electron chi connectivity index (χ4n) is 9.84. The number of halogens is 3. The maximum absolute atomic E-state index is 16.2. The van der Waals surface area contributed by atoms with Gasteiger partial charge in [0.15, 0.2) is 23.1 Å². The van der Waals surface area contributed by atoms with E-state index in [1.165, 1.54) is 38.6 Å². The second kappa shape index (κ2) is 26.0. The molecule has 8 aromatic rings. The van der Waals surface area contributed by atoms with Crippen molar-refractivity contribution in [2.45, 2.75) is 44.6 Å². The molecule has 0 bridgehead atoms. The molecule has 3 aliphatic rings. The molecule has 4 amide bonds. The number of tetrazole rings is 1. The molecule has 11 rings (SSSR count). The predicted octanol–water partition coefficient (Wildman–Crippen LogP) is 8.42. The molecular formula is C56H51BClF2N15O6S4. The lowest BCUT2D eigenvalue weighted by Crippen LogP contribution is -2.50. The molecule has 7 N–H and O–H groups in total. The zero-order chi connectivity index (χ0) is 59.0. The number of hydrogen-bond donors (Lipinski definition) is 7. The summed E-state index contributed by atoms with van der Waals surface area (Å²) in [5, 5.41) is 32.4. The third-order valence-corrected chi connectivity index (χ3v) is 17.2. The molecule has 0 saturated carbocycles. The molecule has 2 aliphatic heterocycles. The normalized spacial score (nSPS) is 14.5. The standard InChI is InChI=1S/C56H51BClF2N15O6S4/c58-35-11-18-40-34(27-35)10-20-45-51(50(40)41-29-73(56(80)68-53(41)82)30-49-65-42(32-84-49)52(79)67-54-69-71-72-70-54)66-55(85-45)64-23-21-47(77)63-25-24-62-46(76)6-2-1-3-22-61-48(78)31-81-39-16-8-33(9-17-39)7-12-36-13-14-37-28-38-15-19-43(44-5-4-26-83-44)75(38)57(59,60)74(36)37/h4-5,7-20,26-29,32,50H,1-3,6,21-25,30-31H2,(H,61,78)(H,62,76)(H,63,77)(H,64,66)(H,68,80,82)(H2,67,69,70,71,72,79)/b12-7+. The number of nitrogens with zero attached hydrogens (tertiary/aromatic N) is 8. The number of thiophene rings is 1. The summed E-state index contributed by atoms with van der Waals surface area (Å²) in [7, 11) is 0. The zero-order valence-electron chi connectivity index (χ0n) is 44.9. The minimum absolute atomic E-state index is 0.00643. The van der Waals surface area contributed by atoms with E-state index in [1.54, 1.807) is 84.4 Å². The lowest BCUT2D eigenvalue weighted by Gasteiger charge is -2.30. The molecule has 1 unspecified atom stereocenters. The summed E-state index contributed by atoms with van der Waals surface area (Å²) in [5.41, 5.74) is 5.15. The van der Waals surface area contributed by atoms with E-state index in [-0.39, 0.29) is 73.2 Å². The first kappa shape index (κ1) is 58.0. The number of unbranched alkanes of at least 4 members (excludes halogenated alkanes) is 2. The van der Waals surface area contributed by atoms with Crippen molar-refractivity contribution >= 4 is 136 Å². The number of rotatable bonds is 24. The molecule has 434 valence electrons. The van der Waals surface area contributed by atoms with Crippen LogP contribution in [0.1, 0.15) is 103 Å². The first-order valence-corrected chi connectivity index (χ1v) is 30.2. The minimum Gasteiger partial charge on any atom is -0.484 e. The Bertz CT molecular complexity index is 4110. The van der Waals surface area contributed by atoms with E-state index in [1.807, 2.05) is 41.8 Å². The Kier molecular flexibility index (Phi) is 17.7. The quantitative estimate of drug-likeness (QED) is 0.0170. The third kappa shape index (κ3) is 13.6. The SMILES string of the molecule is O=C(CCCCCNC(=O)COc1ccc(/C=C/c2ccc3n2[B-](F)(F)[N+]2=C(c4cccs4)C=CC2=C3)cc1)NCCNC(=O)CCNc1nc2c(s1)C=Cc1cc(Cl)ccc1C2c1cn(Cc2nc(C(=O)Nc3nn[nH]n3)cs2)c(=O)[nH]c1=S. The smallest absolute Gasteiger partial charge is 0.484 e. The van der Waals surface area contributed by atoms with Gasteiger partial charge in [0.2, 0.25) is 11.8 Å². The highest BCUT2D eigenvalue weighted by atomic mass is 35.5. The van der Waals surface area contributed by atoms with Crippen LogP contribution in [0.2, 0.25) is 5.02 Å². The van der Waals surface area contributed by atoms with Crippen LogP contribution in [0.3, 0.4) is 0 Å². The van der Waals surface area contributed by atoms with Gasteiger partial charge in [0.1, 0.15) is 21.1 Å². The molecule has 21 nitrogen and oxygen atoms in total. The van der Waals surface area contributed by atoms with Gasteiger partial charge in [0, 0.05) is 90.8 Å². The van der Waals surface area contributed by atoms with Crippen molar-refractivity contribution in [3.63, 3.8) is 0 Å². The number of benzene rings is 2. The lowest BCUT2D eigenvalue weighted by atomic mass is 9.88. The van der Waals surface area contributed by atoms with Gasteiger partial charge in [-0.2, -0.15) is 5.21 Å². The maximum Gasteiger partial charge on any atom is 0.737 e. The minimum atomic E-state index is -4.15. The van der Waals surface area contributed by atoms with Crippen LogP contribution in [0.5, 0.6) is 5.75 Å². The molecule has 0 saturated heterocycles. The number of H-pyrrole nitrogens is 2. The summed E-state index contributed by atoms with van der Waals surface area (Å²) in [4.78, 5) is 77.7. The molecule has 1 aliphatic carbocycles. The summed E-state index contributed by atoms with van der Waals surface area (Å²) < 4.78 is 41.9. The number of fused-ring (bicyclic) bond motifs is 4. The average Bonchev–Trinajstić information content (AvgIpc) is 1.89. The summed E-state index contributed by atoms with van der Waals surface area (Å²) in [5.74, 6) is -1.23. The Hall–Kier alpha value is -8.83. The van der Waals surface area contributed by atoms with E-state index >= 15 is 8.63 Å². The van der Waals surface area contributed by atoms with Crippen LogP contribution in [-0.2, 0) is 20.9 Å². The molecule has 8 heterocycles. The molecular weight excluding hydrogens is 1190 g/mol. The van der Waals surface area contributed by atoms with Gasteiger partial charge in [-0.3, -0.25) is 34.0 Å². The average molecular weight is 1240 g/mol. The van der Waals surface area contributed by atoms with E-state index in [9.17, 15) is 24.0 Å². The van der Waals surface area contributed by atoms with Crippen LogP contribution in [0, 0.1) is 4.64 Å². The van der Waals surface area contributed by atoms with Crippen LogP contribution >= 0.6 is 57.8 Å². The number of aromatic amines is 2. The fourth-order valence-corrected chi connectivity index (χ4v) is 12.7. The van der Waals surface area contributed by atoms with Crippen molar-refractivity contribution in [3.8, 4) is 5.75 Å². The summed E-state index contributed by atoms with van der Waals surface area (Å²) in [6.07, 6.45) is 16.7. The number of nitrogens with one attached hydrogen (secondary N) is 7. The first-order chi connectivity index (χ1) is 41.2. The van der Waals surface area contributed by atoms with Crippen molar-refractivity contribution in [3.05, 3.63) is 181 Å². The van der Waals surface area contributed by atoms with Crippen molar-refractivity contribution in [1.82, 2.24) is 60.6 Å². The molecule has 0 radical (unpaired) electrons. The Labute approximate surface area is 505 Å². The van der Waals surface area contributed by atoms with Crippen LogP contribution in [0.25, 0.3) is 30.4 Å². The van der Waals surface area contributed by atoms with Crippen LogP contribution in [0.15, 0.2) is 106 Å². The highest BCUT2D eigenvalue weighted by Gasteiger charge is 2.52. The van der Waals surface area contributed by atoms with Crippen molar-refractivity contribution in [2.75, 3.05) is 43.4 Å². The Morgan fingerprint density at radius 2 is 1.69 bits per heavy atom. The molecule has 29 heteroatoms. The van der Waals surface area contributed by atoms with Gasteiger partial charge in [-0.05, 0) is 94.7 Å². The van der Waals surface area contributed by atoms with E-state index in [0.29, 0.717) is 87.2 Å². The first-order valence-electron chi connectivity index (χ1n) is 26.8.